The monoisotopic (exact) mass is 437 g/mol. The van der Waals surface area contributed by atoms with Gasteiger partial charge in [-0.3, -0.25) is 4.79 Å². The lowest BCUT2D eigenvalue weighted by atomic mass is 9.61. The zero-order valence-electron chi connectivity index (χ0n) is 20.1. The van der Waals surface area contributed by atoms with E-state index in [-0.39, 0.29) is 29.1 Å². The first-order chi connectivity index (χ1) is 15.2. The zero-order valence-corrected chi connectivity index (χ0v) is 20.1. The highest BCUT2D eigenvalue weighted by atomic mass is 16.5. The highest BCUT2D eigenvalue weighted by molar-refractivity contribution is 5.98. The van der Waals surface area contributed by atoms with Crippen molar-refractivity contribution in [2.24, 2.45) is 23.2 Å². The molecule has 172 valence electrons. The smallest absolute Gasteiger partial charge is 0.330 e. The van der Waals surface area contributed by atoms with Gasteiger partial charge in [0, 0.05) is 30.2 Å². The summed E-state index contributed by atoms with van der Waals surface area (Å²) in [6.45, 7) is 9.83. The Hall–Kier alpha value is -2.82. The van der Waals surface area contributed by atoms with E-state index in [1.165, 1.54) is 18.8 Å². The number of rotatable bonds is 7. The molecule has 5 nitrogen and oxygen atoms in total. The van der Waals surface area contributed by atoms with Gasteiger partial charge in [-0.25, -0.2) is 4.79 Å². The summed E-state index contributed by atoms with van der Waals surface area (Å²) in [6, 6.07) is 7.83. The number of carbonyl (C=O) groups is 2. The highest BCUT2D eigenvalue weighted by Crippen LogP contribution is 2.52. The fourth-order valence-corrected chi connectivity index (χ4v) is 5.20. The third-order valence-electron chi connectivity index (χ3n) is 6.75. The molecule has 0 spiro atoms. The van der Waals surface area contributed by atoms with Crippen molar-refractivity contribution in [2.45, 2.75) is 40.7 Å². The number of benzene rings is 1. The van der Waals surface area contributed by atoms with Crippen LogP contribution < -0.4 is 4.74 Å². The van der Waals surface area contributed by atoms with E-state index >= 15 is 0 Å². The van der Waals surface area contributed by atoms with Crippen LogP contribution in [0.2, 0.25) is 0 Å². The molecule has 3 rings (SSSR count). The molecule has 1 aliphatic heterocycles. The Kier molecular flexibility index (Phi) is 7.27. The molecular weight excluding hydrogens is 402 g/mol. The molecule has 3 atom stereocenters. The molecule has 1 amide bonds. The van der Waals surface area contributed by atoms with Crippen LogP contribution in [0.1, 0.15) is 39.7 Å². The maximum Gasteiger partial charge on any atom is 0.330 e. The quantitative estimate of drug-likeness (QED) is 0.345. The molecule has 1 heterocycles. The van der Waals surface area contributed by atoms with E-state index in [0.29, 0.717) is 19.0 Å². The third-order valence-corrected chi connectivity index (χ3v) is 6.75. The predicted octanol–water partition coefficient (Wildman–Crippen LogP) is 4.94. The van der Waals surface area contributed by atoms with Gasteiger partial charge in [-0.15, -0.1) is 0 Å². The average Bonchev–Trinajstić information content (AvgIpc) is 3.01. The van der Waals surface area contributed by atoms with E-state index < -0.39 is 0 Å². The summed E-state index contributed by atoms with van der Waals surface area (Å²) in [5.74, 6) is 1.22. The Labute approximate surface area is 191 Å². The van der Waals surface area contributed by atoms with E-state index in [9.17, 15) is 9.59 Å². The van der Waals surface area contributed by atoms with Crippen LogP contribution in [0.4, 0.5) is 0 Å². The summed E-state index contributed by atoms with van der Waals surface area (Å²) in [5.41, 5.74) is 2.86. The number of nitrogens with zero attached hydrogens (tertiary/aromatic N) is 1. The molecule has 2 aliphatic rings. The summed E-state index contributed by atoms with van der Waals surface area (Å²) in [5, 5.41) is 0. The third kappa shape index (κ3) is 4.82. The Bertz CT molecular complexity index is 941. The van der Waals surface area contributed by atoms with Crippen molar-refractivity contribution in [3.05, 3.63) is 65.3 Å². The minimum Gasteiger partial charge on any atom is -0.497 e. The number of ether oxygens (including phenoxy) is 2. The number of likely N-dealkylation sites (tertiary alicyclic amines) is 1. The number of hydrogen-bond acceptors (Lipinski definition) is 4. The molecule has 0 bridgehead atoms. The normalized spacial score (nSPS) is 25.8. The molecule has 0 aromatic heterocycles. The molecule has 0 saturated carbocycles. The van der Waals surface area contributed by atoms with Crippen LogP contribution in [0.5, 0.6) is 5.75 Å². The lowest BCUT2D eigenvalue weighted by molar-refractivity contribution is -0.134. The van der Waals surface area contributed by atoms with E-state index in [4.69, 9.17) is 9.47 Å². The summed E-state index contributed by atoms with van der Waals surface area (Å²) in [7, 11) is 3.03. The first kappa shape index (κ1) is 23.8. The SMILES string of the molecule is COC(=O)/C=C/[C@@H]1[C@@H](/C(C)=C/C(C)C)CC=C2C(=O)N(Cc3ccc(OC)cc3)C[C@@]21C. The fraction of sp³-hybridized carbons (Fsp3) is 0.481. The van der Waals surface area contributed by atoms with Crippen molar-refractivity contribution in [3.63, 3.8) is 0 Å². The van der Waals surface area contributed by atoms with E-state index in [1.54, 1.807) is 7.11 Å². The van der Waals surface area contributed by atoms with E-state index in [2.05, 4.69) is 39.8 Å². The van der Waals surface area contributed by atoms with Gasteiger partial charge in [0.1, 0.15) is 5.75 Å². The second-order valence-corrected chi connectivity index (χ2v) is 9.45. The summed E-state index contributed by atoms with van der Waals surface area (Å²) in [6.07, 6.45) is 8.69. The van der Waals surface area contributed by atoms with Gasteiger partial charge < -0.3 is 14.4 Å². The Balaban J connectivity index is 1.93. The van der Waals surface area contributed by atoms with Gasteiger partial charge in [-0.05, 0) is 48.8 Å². The van der Waals surface area contributed by atoms with Gasteiger partial charge in [0.05, 0.1) is 14.2 Å². The Morgan fingerprint density at radius 1 is 1.25 bits per heavy atom. The van der Waals surface area contributed by atoms with Crippen LogP contribution in [-0.2, 0) is 20.9 Å². The molecule has 1 aromatic carbocycles. The number of esters is 1. The van der Waals surface area contributed by atoms with E-state index in [1.807, 2.05) is 35.2 Å². The molecule has 1 aliphatic carbocycles. The van der Waals surface area contributed by atoms with Gasteiger partial charge in [0.15, 0.2) is 0 Å². The lowest BCUT2D eigenvalue weighted by Crippen LogP contribution is -2.38. The summed E-state index contributed by atoms with van der Waals surface area (Å²) < 4.78 is 10.1. The first-order valence-electron chi connectivity index (χ1n) is 11.3. The van der Waals surface area contributed by atoms with Crippen molar-refractivity contribution in [1.29, 1.82) is 0 Å². The largest absolute Gasteiger partial charge is 0.497 e. The van der Waals surface area contributed by atoms with Crippen LogP contribution >= 0.6 is 0 Å². The van der Waals surface area contributed by atoms with Gasteiger partial charge in [0.2, 0.25) is 5.91 Å². The number of methoxy groups -OCH3 is 2. The van der Waals surface area contributed by atoms with Crippen LogP contribution in [-0.4, -0.2) is 37.5 Å². The minimum absolute atomic E-state index is 0.0291. The maximum absolute atomic E-state index is 13.4. The van der Waals surface area contributed by atoms with Gasteiger partial charge in [0.25, 0.3) is 0 Å². The van der Waals surface area contributed by atoms with Crippen molar-refractivity contribution in [3.8, 4) is 5.75 Å². The minimum atomic E-state index is -0.372. The van der Waals surface area contributed by atoms with Crippen LogP contribution in [0, 0.1) is 23.2 Å². The summed E-state index contributed by atoms with van der Waals surface area (Å²) >= 11 is 0. The fourth-order valence-electron chi connectivity index (χ4n) is 5.20. The van der Waals surface area contributed by atoms with Crippen molar-refractivity contribution in [1.82, 2.24) is 4.90 Å². The maximum atomic E-state index is 13.4. The number of amides is 1. The number of fused-ring (bicyclic) bond motifs is 1. The first-order valence-corrected chi connectivity index (χ1v) is 11.3. The van der Waals surface area contributed by atoms with Crippen LogP contribution in [0.15, 0.2) is 59.7 Å². The van der Waals surface area contributed by atoms with Crippen molar-refractivity contribution in [2.75, 3.05) is 20.8 Å². The molecule has 1 saturated heterocycles. The molecule has 1 aromatic rings. The van der Waals surface area contributed by atoms with Crippen molar-refractivity contribution >= 4 is 11.9 Å². The molecular formula is C27H35NO4. The number of allylic oxidation sites excluding steroid dienone is 4. The van der Waals surface area contributed by atoms with Crippen LogP contribution in [0.25, 0.3) is 0 Å². The predicted molar refractivity (Wildman–Crippen MR) is 126 cm³/mol. The molecule has 1 fully saturated rings. The summed E-state index contributed by atoms with van der Waals surface area (Å²) in [4.78, 5) is 27.2. The average molecular weight is 438 g/mol. The van der Waals surface area contributed by atoms with Crippen LogP contribution in [0.3, 0.4) is 0 Å². The molecule has 5 heteroatoms. The standard InChI is InChI=1S/C27H35NO4/c1-18(2)15-19(3)22-11-12-24-26(30)28(16-20-7-9-21(31-5)10-8-20)17-27(24,4)23(22)13-14-25(29)32-6/h7-10,12-15,18,22-23H,11,16-17H2,1-6H3/b14-13+,19-15+/t22-,23-,27-/m1/s1. The lowest BCUT2D eigenvalue weighted by Gasteiger charge is -2.41. The molecule has 32 heavy (non-hydrogen) atoms. The van der Waals surface area contributed by atoms with Gasteiger partial charge >= 0.3 is 5.97 Å². The number of hydrogen-bond donors (Lipinski definition) is 0. The Morgan fingerprint density at radius 3 is 2.53 bits per heavy atom. The van der Waals surface area contributed by atoms with Crippen molar-refractivity contribution < 1.29 is 19.1 Å². The second-order valence-electron chi connectivity index (χ2n) is 9.45. The molecule has 0 radical (unpaired) electrons. The zero-order chi connectivity index (χ0) is 23.5. The number of carbonyl (C=O) groups excluding carboxylic acids is 2. The molecule has 0 N–H and O–H groups in total. The van der Waals surface area contributed by atoms with E-state index in [0.717, 1.165) is 23.3 Å². The Morgan fingerprint density at radius 2 is 1.94 bits per heavy atom. The van der Waals surface area contributed by atoms with Gasteiger partial charge in [-0.2, -0.15) is 0 Å². The second kappa shape index (κ2) is 9.76. The highest BCUT2D eigenvalue weighted by Gasteiger charge is 2.52. The van der Waals surface area contributed by atoms with Gasteiger partial charge in [-0.1, -0.05) is 56.7 Å². The molecule has 0 unspecified atom stereocenters. The topological polar surface area (TPSA) is 55.8 Å².